The van der Waals surface area contributed by atoms with Gasteiger partial charge in [-0.2, -0.15) is 0 Å². The van der Waals surface area contributed by atoms with Crippen molar-refractivity contribution in [3.05, 3.63) is 33.9 Å². The van der Waals surface area contributed by atoms with E-state index in [1.54, 1.807) is 0 Å². The first-order valence-corrected chi connectivity index (χ1v) is 4.17. The van der Waals surface area contributed by atoms with Gasteiger partial charge in [-0.3, -0.25) is 0 Å². The quantitative estimate of drug-likeness (QED) is 0.452. The number of hydrogen-bond acceptors (Lipinski definition) is 3. The molecule has 0 saturated heterocycles. The van der Waals surface area contributed by atoms with Crippen LogP contribution >= 0.6 is 0 Å². The van der Waals surface area contributed by atoms with Gasteiger partial charge in [0.1, 0.15) is 0 Å². The van der Waals surface area contributed by atoms with Crippen molar-refractivity contribution in [2.24, 2.45) is 0 Å². The van der Waals surface area contributed by atoms with Crippen molar-refractivity contribution in [1.29, 1.82) is 0 Å². The second kappa shape index (κ2) is 3.58. The Hall–Kier alpha value is -1.35. The molecule has 66 valence electrons. The van der Waals surface area contributed by atoms with Crippen molar-refractivity contribution in [1.82, 2.24) is 0 Å². The average Bonchev–Trinajstić information content (AvgIpc) is 2.03. The molecular formula is C7H4AsNO4. The van der Waals surface area contributed by atoms with Gasteiger partial charge in [-0.15, -0.1) is 0 Å². The van der Waals surface area contributed by atoms with E-state index in [2.05, 4.69) is 0 Å². The third kappa shape index (κ3) is 1.87. The van der Waals surface area contributed by atoms with E-state index in [-0.39, 0.29) is 15.6 Å². The van der Waals surface area contributed by atoms with Gasteiger partial charge in [0.15, 0.2) is 0 Å². The first-order chi connectivity index (χ1) is 6.04. The van der Waals surface area contributed by atoms with Crippen LogP contribution in [0.4, 0.5) is 5.69 Å². The van der Waals surface area contributed by atoms with Crippen molar-refractivity contribution < 1.29 is 14.8 Å². The molecule has 1 aromatic rings. The van der Waals surface area contributed by atoms with Crippen LogP contribution in [0.3, 0.4) is 0 Å². The molecule has 0 aliphatic heterocycles. The monoisotopic (exact) mass is 241 g/mol. The minimum atomic E-state index is -1.17. The molecule has 0 unspecified atom stereocenters. The number of benzene rings is 1. The molecule has 0 aliphatic carbocycles. The predicted molar refractivity (Wildman–Crippen MR) is 45.4 cm³/mol. The molecule has 13 heavy (non-hydrogen) atoms. The van der Waals surface area contributed by atoms with Crippen LogP contribution in [0.2, 0.25) is 0 Å². The molecule has 0 amide bonds. The van der Waals surface area contributed by atoms with E-state index in [4.69, 9.17) is 5.11 Å². The Morgan fingerprint density at radius 3 is 2.62 bits per heavy atom. The molecule has 0 saturated carbocycles. The van der Waals surface area contributed by atoms with Crippen LogP contribution in [0, 0.1) is 10.1 Å². The van der Waals surface area contributed by atoms with Crippen LogP contribution in [-0.4, -0.2) is 32.9 Å². The third-order valence-corrected chi connectivity index (χ3v) is 2.43. The van der Waals surface area contributed by atoms with Crippen LogP contribution in [0.5, 0.6) is 0 Å². The summed E-state index contributed by atoms with van der Waals surface area (Å²) in [5.41, 5.74) is -0.255. The topological polar surface area (TPSA) is 80.4 Å². The van der Waals surface area contributed by atoms with E-state index >= 15 is 0 Å². The van der Waals surface area contributed by atoms with Gasteiger partial charge >= 0.3 is 81.6 Å². The van der Waals surface area contributed by atoms with E-state index in [0.29, 0.717) is 0 Å². The summed E-state index contributed by atoms with van der Waals surface area (Å²) in [5, 5.41) is 19.0. The van der Waals surface area contributed by atoms with Crippen LogP contribution in [0.25, 0.3) is 0 Å². The van der Waals surface area contributed by atoms with Crippen molar-refractivity contribution in [3.8, 4) is 0 Å². The number of carboxylic acids is 1. The van der Waals surface area contributed by atoms with E-state index in [1.807, 2.05) is 16.9 Å². The summed E-state index contributed by atoms with van der Waals surface area (Å²) >= 11 is 1.90. The van der Waals surface area contributed by atoms with Crippen LogP contribution in [0.15, 0.2) is 18.2 Å². The molecule has 1 rings (SSSR count). The van der Waals surface area contributed by atoms with Gasteiger partial charge in [0.25, 0.3) is 0 Å². The number of aromatic carboxylic acids is 1. The maximum absolute atomic E-state index is 10.6. The Morgan fingerprint density at radius 2 is 2.15 bits per heavy atom. The third-order valence-electron chi connectivity index (χ3n) is 1.44. The van der Waals surface area contributed by atoms with Gasteiger partial charge in [0, 0.05) is 0 Å². The predicted octanol–water partition coefficient (Wildman–Crippen LogP) is 0.0868. The van der Waals surface area contributed by atoms with E-state index in [9.17, 15) is 14.9 Å². The number of hydrogen-bond donors (Lipinski definition) is 1. The molecule has 6 heteroatoms. The number of nitrogens with zero attached hydrogens (tertiary/aromatic N) is 1. The normalized spacial score (nSPS) is 9.62. The van der Waals surface area contributed by atoms with E-state index in [0.717, 1.165) is 0 Å². The Bertz CT molecular complexity index is 345. The molecule has 0 spiro atoms. The van der Waals surface area contributed by atoms with Crippen molar-refractivity contribution in [3.63, 3.8) is 0 Å². The zero-order valence-corrected chi connectivity index (χ0v) is 8.18. The number of carbonyl (C=O) groups is 1. The fourth-order valence-electron chi connectivity index (χ4n) is 0.851. The van der Waals surface area contributed by atoms with Crippen molar-refractivity contribution in [2.75, 3.05) is 0 Å². The van der Waals surface area contributed by atoms with Gasteiger partial charge in [-0.1, -0.05) is 0 Å². The zero-order chi connectivity index (χ0) is 10.0. The minimum absolute atomic E-state index is 0.0609. The summed E-state index contributed by atoms with van der Waals surface area (Å²) in [6.45, 7) is 0. The molecule has 0 bridgehead atoms. The van der Waals surface area contributed by atoms with Crippen molar-refractivity contribution >= 4 is 32.9 Å². The van der Waals surface area contributed by atoms with Crippen LogP contribution < -0.4 is 4.35 Å². The van der Waals surface area contributed by atoms with Crippen molar-refractivity contribution in [2.45, 2.75) is 0 Å². The van der Waals surface area contributed by atoms with Gasteiger partial charge in [-0.25, -0.2) is 0 Å². The first-order valence-electron chi connectivity index (χ1n) is 3.23. The molecule has 1 aromatic carbocycles. The zero-order valence-electron chi connectivity index (χ0n) is 6.30. The summed E-state index contributed by atoms with van der Waals surface area (Å²) in [4.78, 5) is 20.4. The Balaban J connectivity index is 3.35. The second-order valence-corrected chi connectivity index (χ2v) is 3.17. The molecule has 1 N–H and O–H groups in total. The number of nitro benzene ring substituents is 1. The van der Waals surface area contributed by atoms with Gasteiger partial charge in [0.05, 0.1) is 0 Å². The maximum atomic E-state index is 10.6. The van der Waals surface area contributed by atoms with Crippen LogP contribution in [-0.2, 0) is 0 Å². The second-order valence-electron chi connectivity index (χ2n) is 2.24. The molecule has 0 aromatic heterocycles. The fraction of sp³-hybridized carbons (Fsp3) is 0. The summed E-state index contributed by atoms with van der Waals surface area (Å²) in [6.07, 6.45) is 0. The number of nitro groups is 1. The Kier molecular flexibility index (Phi) is 2.68. The standard InChI is InChI=1S/C7H4AsNO4/c8-6-4(7(10)11)2-1-3-5(6)9(12)13/h1-3H,(H,10,11). The first kappa shape index (κ1) is 9.73. The summed E-state index contributed by atoms with van der Waals surface area (Å²) in [5.74, 6) is -1.17. The SMILES string of the molecule is O=C(O)c1cccc([N+](=O)[O-])c1[As]. The Morgan fingerprint density at radius 1 is 1.54 bits per heavy atom. The fourth-order valence-corrected chi connectivity index (χ4v) is 1.54. The summed E-state index contributed by atoms with van der Waals surface area (Å²) in [7, 11) is 0. The average molecular weight is 241 g/mol. The Labute approximate surface area is 82.0 Å². The molecule has 0 heterocycles. The van der Waals surface area contributed by atoms with Gasteiger partial charge < -0.3 is 0 Å². The molecule has 5 nitrogen and oxygen atoms in total. The molecule has 0 aliphatic rings. The molecule has 2 radical (unpaired) electrons. The molecule has 0 fully saturated rings. The van der Waals surface area contributed by atoms with Gasteiger partial charge in [0.2, 0.25) is 0 Å². The number of rotatable bonds is 2. The summed E-state index contributed by atoms with van der Waals surface area (Å²) < 4.78 is 0.118. The van der Waals surface area contributed by atoms with Crippen LogP contribution in [0.1, 0.15) is 10.4 Å². The van der Waals surface area contributed by atoms with E-state index < -0.39 is 10.9 Å². The number of carboxylic acid groups (broad SMARTS) is 1. The molecular weight excluding hydrogens is 237 g/mol. The van der Waals surface area contributed by atoms with E-state index in [1.165, 1.54) is 18.2 Å². The van der Waals surface area contributed by atoms with Gasteiger partial charge in [-0.05, 0) is 0 Å². The molecule has 0 atom stereocenters. The summed E-state index contributed by atoms with van der Waals surface area (Å²) in [6, 6.07) is 3.93.